The molecule has 1 aromatic carbocycles. The maximum Gasteiger partial charge on any atom is 0.272 e. The normalized spacial score (nSPS) is 17.6. The van der Waals surface area contributed by atoms with E-state index in [0.29, 0.717) is 17.9 Å². The van der Waals surface area contributed by atoms with Gasteiger partial charge in [0.25, 0.3) is 5.91 Å². The maximum absolute atomic E-state index is 12.9. The quantitative estimate of drug-likeness (QED) is 0.766. The van der Waals surface area contributed by atoms with E-state index in [0.717, 1.165) is 36.2 Å². The zero-order chi connectivity index (χ0) is 18.3. The fourth-order valence-electron chi connectivity index (χ4n) is 3.76. The average Bonchev–Trinajstić information content (AvgIpc) is 2.97. The first kappa shape index (κ1) is 16.5. The van der Waals surface area contributed by atoms with Gasteiger partial charge >= 0.3 is 0 Å². The summed E-state index contributed by atoms with van der Waals surface area (Å²) in [6.07, 6.45) is 1.96. The molecule has 0 bridgehead atoms. The highest BCUT2D eigenvalue weighted by molar-refractivity contribution is 5.92. The number of likely N-dealkylation sites (tertiary alicyclic amines) is 1. The average molecular weight is 350 g/mol. The van der Waals surface area contributed by atoms with Crippen LogP contribution in [0, 0.1) is 6.92 Å². The molecule has 1 amide bonds. The maximum atomic E-state index is 12.9. The molecule has 1 aliphatic heterocycles. The van der Waals surface area contributed by atoms with Gasteiger partial charge in [-0.15, -0.1) is 0 Å². The van der Waals surface area contributed by atoms with Gasteiger partial charge in [-0.25, -0.2) is 15.0 Å². The lowest BCUT2D eigenvalue weighted by molar-refractivity contribution is 0.0697. The van der Waals surface area contributed by atoms with E-state index in [1.54, 1.807) is 6.07 Å². The molecule has 1 aliphatic rings. The Bertz CT molecular complexity index is 959. The molecule has 0 saturated carbocycles. The van der Waals surface area contributed by atoms with Crippen LogP contribution in [0.3, 0.4) is 0 Å². The Morgan fingerprint density at radius 2 is 2.04 bits per heavy atom. The third-order valence-electron chi connectivity index (χ3n) is 4.99. The third kappa shape index (κ3) is 2.89. The summed E-state index contributed by atoms with van der Waals surface area (Å²) in [5.74, 6) is 1.29. The van der Waals surface area contributed by atoms with Crippen molar-refractivity contribution < 1.29 is 4.79 Å². The minimum atomic E-state index is -0.0920. The summed E-state index contributed by atoms with van der Waals surface area (Å²) in [7, 11) is 2.04. The molecule has 7 nitrogen and oxygen atoms in total. The van der Waals surface area contributed by atoms with Gasteiger partial charge in [-0.3, -0.25) is 4.79 Å². The number of carbonyl (C=O) groups excluding carboxylic acids is 1. The first-order valence-corrected chi connectivity index (χ1v) is 8.84. The van der Waals surface area contributed by atoms with E-state index in [-0.39, 0.29) is 17.8 Å². The lowest BCUT2D eigenvalue weighted by Crippen LogP contribution is -2.40. The van der Waals surface area contributed by atoms with Gasteiger partial charge < -0.3 is 15.2 Å². The highest BCUT2D eigenvalue weighted by Gasteiger charge is 2.29. The van der Waals surface area contributed by atoms with Gasteiger partial charge in [-0.1, -0.05) is 12.1 Å². The van der Waals surface area contributed by atoms with Crippen LogP contribution in [-0.2, 0) is 7.05 Å². The van der Waals surface area contributed by atoms with Crippen molar-refractivity contribution in [3.8, 4) is 0 Å². The summed E-state index contributed by atoms with van der Waals surface area (Å²) >= 11 is 0. The molecule has 0 radical (unpaired) electrons. The Balaban J connectivity index is 1.60. The lowest BCUT2D eigenvalue weighted by Gasteiger charge is -2.32. The minimum Gasteiger partial charge on any atom is -0.368 e. The molecule has 1 fully saturated rings. The lowest BCUT2D eigenvalue weighted by atomic mass is 9.97. The zero-order valence-electron chi connectivity index (χ0n) is 15.0. The number of rotatable bonds is 2. The summed E-state index contributed by atoms with van der Waals surface area (Å²) < 4.78 is 2.14. The second-order valence-corrected chi connectivity index (χ2v) is 6.86. The number of imidazole rings is 1. The van der Waals surface area contributed by atoms with Crippen LogP contribution in [0.5, 0.6) is 0 Å². The first-order valence-electron chi connectivity index (χ1n) is 8.84. The van der Waals surface area contributed by atoms with Crippen molar-refractivity contribution in [2.24, 2.45) is 7.05 Å². The van der Waals surface area contributed by atoms with Gasteiger partial charge in [0.1, 0.15) is 11.5 Å². The van der Waals surface area contributed by atoms with Crippen LogP contribution >= 0.6 is 0 Å². The van der Waals surface area contributed by atoms with E-state index >= 15 is 0 Å². The molecular formula is C19H22N6O. The molecule has 2 aromatic heterocycles. The number of nitrogen functional groups attached to an aromatic ring is 1. The molecule has 4 rings (SSSR count). The van der Waals surface area contributed by atoms with Crippen LogP contribution in [0.1, 0.15) is 40.8 Å². The van der Waals surface area contributed by atoms with Crippen molar-refractivity contribution in [2.45, 2.75) is 25.7 Å². The molecule has 3 heterocycles. The fourth-order valence-corrected chi connectivity index (χ4v) is 3.76. The van der Waals surface area contributed by atoms with Crippen LogP contribution in [0.2, 0.25) is 0 Å². The number of carbonyl (C=O) groups is 1. The van der Waals surface area contributed by atoms with Crippen LogP contribution in [0.15, 0.2) is 30.3 Å². The van der Waals surface area contributed by atoms with Gasteiger partial charge in [0.15, 0.2) is 0 Å². The predicted octanol–water partition coefficient (Wildman–Crippen LogP) is 2.27. The SMILES string of the molecule is Cc1cc(C(=O)N2CCC[C@H](c3nc4ccccc4n3C)C2)nc(N)n1. The van der Waals surface area contributed by atoms with Crippen molar-refractivity contribution in [2.75, 3.05) is 18.8 Å². The molecule has 1 saturated heterocycles. The molecule has 26 heavy (non-hydrogen) atoms. The highest BCUT2D eigenvalue weighted by Crippen LogP contribution is 2.29. The number of aromatic nitrogens is 4. The number of hydrogen-bond donors (Lipinski definition) is 1. The van der Waals surface area contributed by atoms with Crippen LogP contribution in [0.25, 0.3) is 11.0 Å². The van der Waals surface area contributed by atoms with Gasteiger partial charge in [0.05, 0.1) is 11.0 Å². The Morgan fingerprint density at radius 1 is 1.23 bits per heavy atom. The topological polar surface area (TPSA) is 89.9 Å². The van der Waals surface area contributed by atoms with Gasteiger partial charge in [-0.2, -0.15) is 0 Å². The van der Waals surface area contributed by atoms with Crippen LogP contribution in [-0.4, -0.2) is 43.4 Å². The zero-order valence-corrected chi connectivity index (χ0v) is 15.0. The second kappa shape index (κ2) is 6.40. The molecule has 2 N–H and O–H groups in total. The van der Waals surface area contributed by atoms with Crippen molar-refractivity contribution in [3.05, 3.63) is 47.5 Å². The number of benzene rings is 1. The number of fused-ring (bicyclic) bond motifs is 1. The van der Waals surface area contributed by atoms with Crippen molar-refractivity contribution in [1.82, 2.24) is 24.4 Å². The summed E-state index contributed by atoms with van der Waals surface area (Å²) in [5, 5.41) is 0. The molecule has 134 valence electrons. The number of anilines is 1. The molecular weight excluding hydrogens is 328 g/mol. The Labute approximate surface area is 151 Å². The number of hydrogen-bond acceptors (Lipinski definition) is 5. The van der Waals surface area contributed by atoms with E-state index in [9.17, 15) is 4.79 Å². The van der Waals surface area contributed by atoms with Crippen molar-refractivity contribution >= 4 is 22.9 Å². The number of para-hydroxylation sites is 2. The minimum absolute atomic E-state index is 0.0920. The number of piperidine rings is 1. The summed E-state index contributed by atoms with van der Waals surface area (Å²) in [4.78, 5) is 27.7. The Hall–Kier alpha value is -2.96. The fraction of sp³-hybridized carbons (Fsp3) is 0.368. The smallest absolute Gasteiger partial charge is 0.272 e. The van der Waals surface area contributed by atoms with Crippen LogP contribution < -0.4 is 5.73 Å². The molecule has 0 spiro atoms. The van der Waals surface area contributed by atoms with Crippen molar-refractivity contribution in [3.63, 3.8) is 0 Å². The van der Waals surface area contributed by atoms with E-state index in [1.165, 1.54) is 0 Å². The summed E-state index contributed by atoms with van der Waals surface area (Å²) in [6, 6.07) is 9.81. The number of nitrogens with two attached hydrogens (primary N) is 1. The predicted molar refractivity (Wildman–Crippen MR) is 99.8 cm³/mol. The largest absolute Gasteiger partial charge is 0.368 e. The summed E-state index contributed by atoms with van der Waals surface area (Å²) in [6.45, 7) is 3.18. The number of amides is 1. The first-order chi connectivity index (χ1) is 12.5. The Kier molecular flexibility index (Phi) is 4.06. The van der Waals surface area contributed by atoms with Gasteiger partial charge in [-0.05, 0) is 38.0 Å². The van der Waals surface area contributed by atoms with E-state index in [2.05, 4.69) is 20.6 Å². The Morgan fingerprint density at radius 3 is 2.81 bits per heavy atom. The number of nitrogens with zero attached hydrogens (tertiary/aromatic N) is 5. The second-order valence-electron chi connectivity index (χ2n) is 6.86. The van der Waals surface area contributed by atoms with Gasteiger partial charge in [0.2, 0.25) is 5.95 Å². The molecule has 3 aromatic rings. The number of aryl methyl sites for hydroxylation is 2. The standard InChI is InChI=1S/C19H22N6O/c1-12-10-15(23-19(20)21-12)18(26)25-9-5-6-13(11-25)17-22-14-7-3-4-8-16(14)24(17)2/h3-4,7-8,10,13H,5-6,9,11H2,1-2H3,(H2,20,21,23)/t13-/m0/s1. The molecule has 1 atom stereocenters. The summed E-state index contributed by atoms with van der Waals surface area (Å²) in [5.41, 5.74) is 8.87. The van der Waals surface area contributed by atoms with E-state index in [1.807, 2.05) is 37.1 Å². The van der Waals surface area contributed by atoms with Crippen molar-refractivity contribution in [1.29, 1.82) is 0 Å². The van der Waals surface area contributed by atoms with E-state index in [4.69, 9.17) is 10.7 Å². The molecule has 0 unspecified atom stereocenters. The monoisotopic (exact) mass is 350 g/mol. The molecule has 0 aliphatic carbocycles. The van der Waals surface area contributed by atoms with E-state index < -0.39 is 0 Å². The third-order valence-corrected chi connectivity index (χ3v) is 4.99. The van der Waals surface area contributed by atoms with Crippen LogP contribution in [0.4, 0.5) is 5.95 Å². The molecule has 7 heteroatoms. The van der Waals surface area contributed by atoms with Gasteiger partial charge in [0, 0.05) is 31.7 Å². The highest BCUT2D eigenvalue weighted by atomic mass is 16.2.